The molecule has 0 unspecified atom stereocenters. The van der Waals surface area contributed by atoms with Crippen molar-refractivity contribution >= 4 is 5.69 Å². The van der Waals surface area contributed by atoms with E-state index < -0.39 is 4.92 Å². The molecule has 0 aromatic heterocycles. The number of aryl methyl sites for hydroxylation is 1. The second-order valence-corrected chi connectivity index (χ2v) is 3.96. The Balaban J connectivity index is 2.73. The first-order chi connectivity index (χ1) is 8.49. The van der Waals surface area contributed by atoms with Crippen molar-refractivity contribution in [3.63, 3.8) is 0 Å². The SMILES string of the molecule is Cc1ccc(O)cc1-c1cc(O)ccc1[N+](=O)[O-]. The first kappa shape index (κ1) is 11.9. The topological polar surface area (TPSA) is 83.6 Å². The van der Waals surface area contributed by atoms with Crippen LogP contribution < -0.4 is 0 Å². The van der Waals surface area contributed by atoms with Gasteiger partial charge in [0.25, 0.3) is 5.69 Å². The van der Waals surface area contributed by atoms with E-state index >= 15 is 0 Å². The van der Waals surface area contributed by atoms with Gasteiger partial charge < -0.3 is 10.2 Å². The number of aromatic hydroxyl groups is 2. The number of nitrogens with zero attached hydrogens (tertiary/aromatic N) is 1. The van der Waals surface area contributed by atoms with Crippen molar-refractivity contribution in [2.24, 2.45) is 0 Å². The second kappa shape index (κ2) is 4.37. The van der Waals surface area contributed by atoms with Crippen LogP contribution in [0.25, 0.3) is 11.1 Å². The van der Waals surface area contributed by atoms with Crippen LogP contribution in [0, 0.1) is 17.0 Å². The van der Waals surface area contributed by atoms with Gasteiger partial charge in [0.1, 0.15) is 11.5 Å². The van der Waals surface area contributed by atoms with Gasteiger partial charge in [0.05, 0.1) is 10.5 Å². The molecule has 0 aliphatic heterocycles. The highest BCUT2D eigenvalue weighted by molar-refractivity contribution is 5.78. The third-order valence-corrected chi connectivity index (χ3v) is 2.69. The van der Waals surface area contributed by atoms with Gasteiger partial charge >= 0.3 is 0 Å². The van der Waals surface area contributed by atoms with E-state index in [2.05, 4.69) is 0 Å². The van der Waals surface area contributed by atoms with E-state index in [0.29, 0.717) is 5.56 Å². The van der Waals surface area contributed by atoms with E-state index in [9.17, 15) is 20.3 Å². The lowest BCUT2D eigenvalue weighted by molar-refractivity contribution is -0.384. The molecule has 0 saturated heterocycles. The molecule has 0 radical (unpaired) electrons. The summed E-state index contributed by atoms with van der Waals surface area (Å²) in [4.78, 5) is 10.4. The number of nitro benzene ring substituents is 1. The van der Waals surface area contributed by atoms with Crippen molar-refractivity contribution in [3.05, 3.63) is 52.1 Å². The summed E-state index contributed by atoms with van der Waals surface area (Å²) >= 11 is 0. The Morgan fingerprint density at radius 1 is 1.00 bits per heavy atom. The van der Waals surface area contributed by atoms with Gasteiger partial charge in [-0.15, -0.1) is 0 Å². The van der Waals surface area contributed by atoms with Crippen LogP contribution >= 0.6 is 0 Å². The number of nitro groups is 1. The van der Waals surface area contributed by atoms with Gasteiger partial charge in [-0.1, -0.05) is 6.07 Å². The predicted molar refractivity (Wildman–Crippen MR) is 66.6 cm³/mol. The highest BCUT2D eigenvalue weighted by Crippen LogP contribution is 2.36. The fraction of sp³-hybridized carbons (Fsp3) is 0.0769. The third-order valence-electron chi connectivity index (χ3n) is 2.69. The lowest BCUT2D eigenvalue weighted by Crippen LogP contribution is -1.93. The van der Waals surface area contributed by atoms with E-state index in [0.717, 1.165) is 5.56 Å². The molecule has 5 nitrogen and oxygen atoms in total. The highest BCUT2D eigenvalue weighted by Gasteiger charge is 2.17. The van der Waals surface area contributed by atoms with E-state index in [4.69, 9.17) is 0 Å². The van der Waals surface area contributed by atoms with Gasteiger partial charge in [-0.3, -0.25) is 10.1 Å². The van der Waals surface area contributed by atoms with E-state index in [-0.39, 0.29) is 22.7 Å². The molecule has 0 heterocycles. The van der Waals surface area contributed by atoms with E-state index in [1.807, 2.05) is 0 Å². The lowest BCUT2D eigenvalue weighted by atomic mass is 9.98. The molecule has 0 aliphatic carbocycles. The van der Waals surface area contributed by atoms with Gasteiger partial charge in [0.15, 0.2) is 0 Å². The van der Waals surface area contributed by atoms with Crippen LogP contribution in [-0.4, -0.2) is 15.1 Å². The number of phenolic OH excluding ortho intramolecular Hbond substituents is 2. The maximum absolute atomic E-state index is 11.0. The largest absolute Gasteiger partial charge is 0.508 e. The normalized spacial score (nSPS) is 10.3. The Bertz CT molecular complexity index is 622. The van der Waals surface area contributed by atoms with Crippen molar-refractivity contribution < 1.29 is 15.1 Å². The molecular formula is C13H11NO4. The minimum absolute atomic E-state index is 0.0215. The molecule has 92 valence electrons. The molecule has 0 fully saturated rings. The van der Waals surface area contributed by atoms with Crippen LogP contribution in [0.2, 0.25) is 0 Å². The van der Waals surface area contributed by atoms with Crippen LogP contribution in [0.3, 0.4) is 0 Å². The molecule has 2 rings (SSSR count). The van der Waals surface area contributed by atoms with Crippen molar-refractivity contribution in [1.82, 2.24) is 0 Å². The zero-order valence-electron chi connectivity index (χ0n) is 9.62. The molecule has 0 atom stereocenters. The molecule has 0 saturated carbocycles. The monoisotopic (exact) mass is 245 g/mol. The number of rotatable bonds is 2. The Kier molecular flexibility index (Phi) is 2.89. The van der Waals surface area contributed by atoms with Crippen LogP contribution in [0.1, 0.15) is 5.56 Å². The minimum atomic E-state index is -0.516. The maximum Gasteiger partial charge on any atom is 0.277 e. The minimum Gasteiger partial charge on any atom is -0.508 e. The average molecular weight is 245 g/mol. The average Bonchev–Trinajstić information content (AvgIpc) is 2.31. The van der Waals surface area contributed by atoms with Gasteiger partial charge in [-0.05, 0) is 42.3 Å². The van der Waals surface area contributed by atoms with E-state index in [1.54, 1.807) is 13.0 Å². The quantitative estimate of drug-likeness (QED) is 0.629. The fourth-order valence-electron chi connectivity index (χ4n) is 1.80. The van der Waals surface area contributed by atoms with Crippen molar-refractivity contribution in [3.8, 4) is 22.6 Å². The summed E-state index contributed by atoms with van der Waals surface area (Å²) in [6.45, 7) is 1.78. The Hall–Kier alpha value is -2.56. The van der Waals surface area contributed by atoms with Gasteiger partial charge in [0.2, 0.25) is 0 Å². The molecule has 0 bridgehead atoms. The first-order valence-corrected chi connectivity index (χ1v) is 5.26. The third kappa shape index (κ3) is 2.10. The van der Waals surface area contributed by atoms with Crippen LogP contribution in [0.5, 0.6) is 11.5 Å². The number of benzene rings is 2. The van der Waals surface area contributed by atoms with Gasteiger partial charge in [0, 0.05) is 6.07 Å². The molecule has 0 amide bonds. The Morgan fingerprint density at radius 2 is 1.56 bits per heavy atom. The fourth-order valence-corrected chi connectivity index (χ4v) is 1.80. The predicted octanol–water partition coefficient (Wildman–Crippen LogP) is 2.98. The molecule has 2 N–H and O–H groups in total. The van der Waals surface area contributed by atoms with Gasteiger partial charge in [-0.2, -0.15) is 0 Å². The molecular weight excluding hydrogens is 234 g/mol. The second-order valence-electron chi connectivity index (χ2n) is 3.96. The number of hydrogen-bond acceptors (Lipinski definition) is 4. The summed E-state index contributed by atoms with van der Waals surface area (Å²) in [7, 11) is 0. The van der Waals surface area contributed by atoms with Crippen LogP contribution in [0.4, 0.5) is 5.69 Å². The molecule has 5 heteroatoms. The van der Waals surface area contributed by atoms with Crippen molar-refractivity contribution in [1.29, 1.82) is 0 Å². The molecule has 0 aliphatic rings. The van der Waals surface area contributed by atoms with E-state index in [1.165, 1.54) is 30.3 Å². The van der Waals surface area contributed by atoms with Crippen molar-refractivity contribution in [2.75, 3.05) is 0 Å². The summed E-state index contributed by atoms with van der Waals surface area (Å²) in [5.74, 6) is -0.0356. The molecule has 2 aromatic carbocycles. The smallest absolute Gasteiger partial charge is 0.277 e. The Morgan fingerprint density at radius 3 is 2.17 bits per heavy atom. The molecule has 18 heavy (non-hydrogen) atoms. The molecule has 2 aromatic rings. The van der Waals surface area contributed by atoms with Crippen LogP contribution in [-0.2, 0) is 0 Å². The zero-order valence-corrected chi connectivity index (χ0v) is 9.62. The summed E-state index contributed by atoms with van der Waals surface area (Å²) in [6.07, 6.45) is 0. The Labute approximate surface area is 103 Å². The summed E-state index contributed by atoms with van der Waals surface area (Å²) in [5.41, 5.74) is 1.48. The number of hydrogen-bond donors (Lipinski definition) is 2. The summed E-state index contributed by atoms with van der Waals surface area (Å²) in [5, 5.41) is 29.9. The highest BCUT2D eigenvalue weighted by atomic mass is 16.6. The maximum atomic E-state index is 11.0. The molecule has 0 spiro atoms. The summed E-state index contributed by atoms with van der Waals surface area (Å²) in [6, 6.07) is 8.44. The lowest BCUT2D eigenvalue weighted by Gasteiger charge is -2.08. The van der Waals surface area contributed by atoms with Gasteiger partial charge in [-0.25, -0.2) is 0 Å². The zero-order chi connectivity index (χ0) is 13.3. The van der Waals surface area contributed by atoms with Crippen molar-refractivity contribution in [2.45, 2.75) is 6.92 Å². The number of phenols is 2. The standard InChI is InChI=1S/C13H11NO4/c1-8-2-3-9(15)6-11(8)12-7-10(16)4-5-13(12)14(17)18/h2-7,15-16H,1H3. The first-order valence-electron chi connectivity index (χ1n) is 5.26. The summed E-state index contributed by atoms with van der Waals surface area (Å²) < 4.78 is 0. The van der Waals surface area contributed by atoms with Crippen LogP contribution in [0.15, 0.2) is 36.4 Å².